The van der Waals surface area contributed by atoms with Crippen molar-refractivity contribution in [1.29, 1.82) is 0 Å². The number of ether oxygens (including phenoxy) is 1. The fourth-order valence-corrected chi connectivity index (χ4v) is 3.92. The van der Waals surface area contributed by atoms with Crippen molar-refractivity contribution in [3.8, 4) is 0 Å². The molecule has 3 unspecified atom stereocenters. The summed E-state index contributed by atoms with van der Waals surface area (Å²) < 4.78 is 5.34. The van der Waals surface area contributed by atoms with E-state index in [1.807, 2.05) is 7.11 Å². The lowest BCUT2D eigenvalue weighted by atomic mass is 9.80. The smallest absolute Gasteiger partial charge is 0.0615 e. The molecule has 17 heavy (non-hydrogen) atoms. The average molecular weight is 240 g/mol. The van der Waals surface area contributed by atoms with Gasteiger partial charge in [-0.3, -0.25) is 4.90 Å². The molecule has 2 heterocycles. The first-order chi connectivity index (χ1) is 8.26. The van der Waals surface area contributed by atoms with E-state index in [0.29, 0.717) is 6.04 Å². The van der Waals surface area contributed by atoms with Crippen molar-refractivity contribution >= 4 is 0 Å². The van der Waals surface area contributed by atoms with Gasteiger partial charge in [0.2, 0.25) is 0 Å². The Bertz CT molecular complexity index is 220. The predicted octanol–water partition coefficient (Wildman–Crippen LogP) is 2.02. The highest BCUT2D eigenvalue weighted by atomic mass is 16.5. The van der Waals surface area contributed by atoms with Crippen molar-refractivity contribution in [3.63, 3.8) is 0 Å². The highest BCUT2D eigenvalue weighted by Crippen LogP contribution is 2.35. The van der Waals surface area contributed by atoms with E-state index in [-0.39, 0.29) is 0 Å². The van der Waals surface area contributed by atoms with Crippen LogP contribution in [0.2, 0.25) is 0 Å². The Labute approximate surface area is 106 Å². The molecule has 0 aliphatic carbocycles. The number of methoxy groups -OCH3 is 1. The molecule has 3 nitrogen and oxygen atoms in total. The topological polar surface area (TPSA) is 24.5 Å². The molecule has 0 aromatic carbocycles. The van der Waals surface area contributed by atoms with Gasteiger partial charge in [-0.2, -0.15) is 0 Å². The van der Waals surface area contributed by atoms with E-state index >= 15 is 0 Å². The highest BCUT2D eigenvalue weighted by Gasteiger charge is 2.39. The zero-order valence-corrected chi connectivity index (χ0v) is 11.6. The van der Waals surface area contributed by atoms with Gasteiger partial charge in [0, 0.05) is 31.3 Å². The summed E-state index contributed by atoms with van der Waals surface area (Å²) in [6, 6.07) is 2.91. The van der Waals surface area contributed by atoms with Gasteiger partial charge in [0.1, 0.15) is 0 Å². The van der Waals surface area contributed by atoms with E-state index in [1.54, 1.807) is 0 Å². The van der Waals surface area contributed by atoms with E-state index in [0.717, 1.165) is 31.3 Å². The minimum Gasteiger partial charge on any atom is -0.383 e. The second-order valence-corrected chi connectivity index (χ2v) is 5.72. The quantitative estimate of drug-likeness (QED) is 0.795. The van der Waals surface area contributed by atoms with Crippen molar-refractivity contribution < 1.29 is 4.74 Å². The molecule has 0 amide bonds. The van der Waals surface area contributed by atoms with Gasteiger partial charge >= 0.3 is 0 Å². The summed E-state index contributed by atoms with van der Waals surface area (Å²) in [6.45, 7) is 6.52. The van der Waals surface area contributed by atoms with Crippen LogP contribution in [-0.2, 0) is 4.74 Å². The summed E-state index contributed by atoms with van der Waals surface area (Å²) in [4.78, 5) is 2.75. The molecular weight excluding hydrogens is 212 g/mol. The van der Waals surface area contributed by atoms with Crippen molar-refractivity contribution in [2.24, 2.45) is 0 Å². The van der Waals surface area contributed by atoms with Gasteiger partial charge in [-0.1, -0.05) is 13.3 Å². The van der Waals surface area contributed by atoms with Gasteiger partial charge < -0.3 is 10.1 Å². The maximum absolute atomic E-state index is 5.34. The lowest BCUT2D eigenvalue weighted by Crippen LogP contribution is -2.59. The minimum atomic E-state index is 0.581. The van der Waals surface area contributed by atoms with Crippen LogP contribution in [0.25, 0.3) is 0 Å². The third-order valence-corrected chi connectivity index (χ3v) is 4.44. The second kappa shape index (κ2) is 6.17. The first-order valence-corrected chi connectivity index (χ1v) is 7.26. The third kappa shape index (κ3) is 3.01. The van der Waals surface area contributed by atoms with Crippen LogP contribution >= 0.6 is 0 Å². The van der Waals surface area contributed by atoms with Crippen molar-refractivity contribution in [2.75, 3.05) is 20.3 Å². The second-order valence-electron chi connectivity index (χ2n) is 5.72. The summed E-state index contributed by atoms with van der Waals surface area (Å²) in [6.07, 6.45) is 6.85. The number of nitrogens with one attached hydrogen (secondary N) is 1. The lowest BCUT2D eigenvalue weighted by molar-refractivity contribution is -0.0282. The van der Waals surface area contributed by atoms with Crippen LogP contribution in [0.15, 0.2) is 0 Å². The van der Waals surface area contributed by atoms with Crippen LogP contribution in [0.4, 0.5) is 0 Å². The zero-order chi connectivity index (χ0) is 12.3. The molecule has 2 rings (SSSR count). The maximum Gasteiger partial charge on any atom is 0.0615 e. The molecule has 0 aromatic rings. The number of nitrogens with zero attached hydrogens (tertiary/aromatic N) is 1. The Morgan fingerprint density at radius 3 is 2.47 bits per heavy atom. The molecule has 0 spiro atoms. The molecule has 0 aromatic heterocycles. The Hall–Kier alpha value is -0.120. The van der Waals surface area contributed by atoms with Crippen LogP contribution < -0.4 is 5.32 Å². The third-order valence-electron chi connectivity index (χ3n) is 4.44. The standard InChI is InChI=1S/C14H28N2O/c1-4-15-12-8-13-6-5-7-14(9-12)16(13)11(2)10-17-3/h11-15H,4-10H2,1-3H3. The van der Waals surface area contributed by atoms with E-state index in [1.165, 1.54) is 32.1 Å². The van der Waals surface area contributed by atoms with Crippen molar-refractivity contribution in [2.45, 2.75) is 70.1 Å². The predicted molar refractivity (Wildman–Crippen MR) is 71.3 cm³/mol. The van der Waals surface area contributed by atoms with E-state index in [2.05, 4.69) is 24.1 Å². The van der Waals surface area contributed by atoms with Gasteiger partial charge in [-0.05, 0) is 39.2 Å². The van der Waals surface area contributed by atoms with Gasteiger partial charge in [0.05, 0.1) is 6.61 Å². The first kappa shape index (κ1) is 13.3. The van der Waals surface area contributed by atoms with Crippen molar-refractivity contribution in [1.82, 2.24) is 10.2 Å². The van der Waals surface area contributed by atoms with Crippen LogP contribution in [0, 0.1) is 0 Å². The molecule has 0 radical (unpaired) electrons. The molecule has 2 aliphatic rings. The highest BCUT2D eigenvalue weighted by molar-refractivity contribution is 4.96. The number of piperidine rings is 2. The largest absolute Gasteiger partial charge is 0.383 e. The molecule has 3 heteroatoms. The van der Waals surface area contributed by atoms with Crippen molar-refractivity contribution in [3.05, 3.63) is 0 Å². The normalized spacial score (nSPS) is 35.8. The summed E-state index contributed by atoms with van der Waals surface area (Å²) in [5.74, 6) is 0. The van der Waals surface area contributed by atoms with E-state index < -0.39 is 0 Å². The molecule has 2 fully saturated rings. The number of hydrogen-bond donors (Lipinski definition) is 1. The Morgan fingerprint density at radius 1 is 1.29 bits per heavy atom. The van der Waals surface area contributed by atoms with Gasteiger partial charge in [-0.25, -0.2) is 0 Å². The first-order valence-electron chi connectivity index (χ1n) is 7.26. The average Bonchev–Trinajstić information content (AvgIpc) is 2.28. The summed E-state index contributed by atoms with van der Waals surface area (Å²) >= 11 is 0. The number of rotatable bonds is 5. The van der Waals surface area contributed by atoms with Gasteiger partial charge in [0.15, 0.2) is 0 Å². The summed E-state index contributed by atoms with van der Waals surface area (Å²) in [5.41, 5.74) is 0. The van der Waals surface area contributed by atoms with Crippen LogP contribution in [0.3, 0.4) is 0 Å². The Kier molecular flexibility index (Phi) is 4.83. The molecule has 0 saturated carbocycles. The fraction of sp³-hybridized carbons (Fsp3) is 1.00. The lowest BCUT2D eigenvalue weighted by Gasteiger charge is -2.51. The van der Waals surface area contributed by atoms with Crippen LogP contribution in [0.1, 0.15) is 46.0 Å². The number of fused-ring (bicyclic) bond motifs is 2. The molecule has 3 atom stereocenters. The fourth-order valence-electron chi connectivity index (χ4n) is 3.92. The number of hydrogen-bond acceptors (Lipinski definition) is 3. The SMILES string of the molecule is CCNC1CC2CCCC(C1)N2C(C)COC. The molecule has 2 saturated heterocycles. The summed E-state index contributed by atoms with van der Waals surface area (Å²) in [5, 5.41) is 3.65. The maximum atomic E-state index is 5.34. The molecular formula is C14H28N2O. The molecule has 2 bridgehead atoms. The van der Waals surface area contributed by atoms with E-state index in [9.17, 15) is 0 Å². The zero-order valence-electron chi connectivity index (χ0n) is 11.6. The van der Waals surface area contributed by atoms with E-state index in [4.69, 9.17) is 4.74 Å². The van der Waals surface area contributed by atoms with Gasteiger partial charge in [-0.15, -0.1) is 0 Å². The monoisotopic (exact) mass is 240 g/mol. The minimum absolute atomic E-state index is 0.581. The molecule has 100 valence electrons. The molecule has 2 aliphatic heterocycles. The Morgan fingerprint density at radius 2 is 1.94 bits per heavy atom. The Balaban J connectivity index is 1.99. The summed E-state index contributed by atoms with van der Waals surface area (Å²) in [7, 11) is 1.82. The van der Waals surface area contributed by atoms with Crippen LogP contribution in [0.5, 0.6) is 0 Å². The molecule has 1 N–H and O–H groups in total. The van der Waals surface area contributed by atoms with Crippen LogP contribution in [-0.4, -0.2) is 49.3 Å². The van der Waals surface area contributed by atoms with Gasteiger partial charge in [0.25, 0.3) is 0 Å².